The Balaban J connectivity index is 1.29. The third-order valence-electron chi connectivity index (χ3n) is 4.82. The number of aromatic nitrogens is 2. The number of aromatic amines is 1. The number of carbonyl (C=O) groups is 2. The van der Waals surface area contributed by atoms with Crippen molar-refractivity contribution in [3.05, 3.63) is 66.0 Å². The number of H-pyrrole nitrogens is 1. The summed E-state index contributed by atoms with van der Waals surface area (Å²) in [5, 5.41) is 2.76. The molecule has 1 amide bonds. The SMILES string of the molecule is C[C@@H](NC(=O)[C@@H]1C[C@H]1c1nc2ccccc2[nH]1)C(=O)OCc1ccccc1. The number of hydrogen-bond donors (Lipinski definition) is 2. The maximum Gasteiger partial charge on any atom is 0.328 e. The first-order chi connectivity index (χ1) is 13.1. The van der Waals surface area contributed by atoms with E-state index in [1.54, 1.807) is 6.92 Å². The molecule has 1 aliphatic rings. The van der Waals surface area contributed by atoms with Crippen LogP contribution in [0.1, 0.15) is 30.7 Å². The number of nitrogens with one attached hydrogen (secondary N) is 2. The molecule has 1 heterocycles. The topological polar surface area (TPSA) is 84.1 Å². The summed E-state index contributed by atoms with van der Waals surface area (Å²) in [5.74, 6) is 0.174. The number of benzene rings is 2. The van der Waals surface area contributed by atoms with Crippen LogP contribution < -0.4 is 5.32 Å². The van der Waals surface area contributed by atoms with Crippen LogP contribution in [0.25, 0.3) is 11.0 Å². The molecular formula is C21H21N3O3. The Morgan fingerprint density at radius 1 is 1.19 bits per heavy atom. The largest absolute Gasteiger partial charge is 0.459 e. The van der Waals surface area contributed by atoms with E-state index in [-0.39, 0.29) is 24.3 Å². The fourth-order valence-electron chi connectivity index (χ4n) is 3.17. The molecule has 1 saturated carbocycles. The zero-order chi connectivity index (χ0) is 18.8. The van der Waals surface area contributed by atoms with Crippen molar-refractivity contribution < 1.29 is 14.3 Å². The molecule has 1 fully saturated rings. The van der Waals surface area contributed by atoms with Gasteiger partial charge in [-0.3, -0.25) is 4.79 Å². The van der Waals surface area contributed by atoms with Gasteiger partial charge in [0.2, 0.25) is 5.91 Å². The Kier molecular flexibility index (Phi) is 4.62. The van der Waals surface area contributed by atoms with Crippen molar-refractivity contribution in [3.63, 3.8) is 0 Å². The summed E-state index contributed by atoms with van der Waals surface area (Å²) in [4.78, 5) is 32.4. The van der Waals surface area contributed by atoms with Gasteiger partial charge in [-0.15, -0.1) is 0 Å². The molecule has 138 valence electrons. The van der Waals surface area contributed by atoms with Crippen LogP contribution in [0.15, 0.2) is 54.6 Å². The van der Waals surface area contributed by atoms with E-state index in [9.17, 15) is 9.59 Å². The summed E-state index contributed by atoms with van der Waals surface area (Å²) in [7, 11) is 0. The van der Waals surface area contributed by atoms with Crippen LogP contribution >= 0.6 is 0 Å². The molecule has 6 nitrogen and oxygen atoms in total. The maximum absolute atomic E-state index is 12.4. The highest BCUT2D eigenvalue weighted by atomic mass is 16.5. The smallest absolute Gasteiger partial charge is 0.328 e. The number of fused-ring (bicyclic) bond motifs is 1. The second-order valence-corrected chi connectivity index (χ2v) is 6.91. The number of para-hydroxylation sites is 2. The van der Waals surface area contributed by atoms with Gasteiger partial charge in [0, 0.05) is 11.8 Å². The zero-order valence-electron chi connectivity index (χ0n) is 15.0. The van der Waals surface area contributed by atoms with Gasteiger partial charge in [0.05, 0.1) is 11.0 Å². The van der Waals surface area contributed by atoms with Crippen LogP contribution in [-0.4, -0.2) is 27.9 Å². The molecule has 0 spiro atoms. The first-order valence-electron chi connectivity index (χ1n) is 9.07. The van der Waals surface area contributed by atoms with E-state index in [1.807, 2.05) is 54.6 Å². The molecule has 2 aromatic carbocycles. The van der Waals surface area contributed by atoms with Gasteiger partial charge in [-0.1, -0.05) is 42.5 Å². The van der Waals surface area contributed by atoms with Crippen molar-refractivity contribution in [3.8, 4) is 0 Å². The number of carbonyl (C=O) groups excluding carboxylic acids is 2. The molecule has 3 atom stereocenters. The quantitative estimate of drug-likeness (QED) is 0.660. The molecule has 6 heteroatoms. The number of hydrogen-bond acceptors (Lipinski definition) is 4. The minimum absolute atomic E-state index is 0.0740. The van der Waals surface area contributed by atoms with E-state index in [0.717, 1.165) is 28.8 Å². The molecular weight excluding hydrogens is 342 g/mol. The normalized spacial score (nSPS) is 19.4. The lowest BCUT2D eigenvalue weighted by Gasteiger charge is -2.13. The lowest BCUT2D eigenvalue weighted by Crippen LogP contribution is -2.40. The van der Waals surface area contributed by atoms with Crippen LogP contribution in [-0.2, 0) is 20.9 Å². The lowest BCUT2D eigenvalue weighted by atomic mass is 10.2. The number of amides is 1. The minimum Gasteiger partial charge on any atom is -0.459 e. The predicted molar refractivity (Wildman–Crippen MR) is 101 cm³/mol. The standard InChI is InChI=1S/C21H21N3O3/c1-13(21(26)27-12-14-7-3-2-4-8-14)22-20(25)16-11-15(16)19-23-17-9-5-6-10-18(17)24-19/h2-10,13,15-16H,11-12H2,1H3,(H,22,25)(H,23,24)/t13-,15-,16-/m1/s1. The predicted octanol–water partition coefficient (Wildman–Crippen LogP) is 2.91. The van der Waals surface area contributed by atoms with Gasteiger partial charge in [0.1, 0.15) is 18.5 Å². The Labute approximate surface area is 156 Å². The summed E-state index contributed by atoms with van der Waals surface area (Å²) in [6.07, 6.45) is 0.734. The van der Waals surface area contributed by atoms with Gasteiger partial charge in [-0.25, -0.2) is 9.78 Å². The van der Waals surface area contributed by atoms with Crippen molar-refractivity contribution in [1.82, 2.24) is 15.3 Å². The van der Waals surface area contributed by atoms with Gasteiger partial charge < -0.3 is 15.0 Å². The van der Waals surface area contributed by atoms with Crippen LogP contribution in [0, 0.1) is 5.92 Å². The number of esters is 1. The van der Waals surface area contributed by atoms with Gasteiger partial charge in [-0.05, 0) is 31.0 Å². The monoisotopic (exact) mass is 363 g/mol. The molecule has 0 saturated heterocycles. The lowest BCUT2D eigenvalue weighted by molar-refractivity contribution is -0.148. The third kappa shape index (κ3) is 3.84. The van der Waals surface area contributed by atoms with E-state index in [1.165, 1.54) is 0 Å². The van der Waals surface area contributed by atoms with Crippen molar-refractivity contribution >= 4 is 22.9 Å². The van der Waals surface area contributed by atoms with Gasteiger partial charge in [0.15, 0.2) is 0 Å². The minimum atomic E-state index is -0.682. The first-order valence-corrected chi connectivity index (χ1v) is 9.07. The summed E-state index contributed by atoms with van der Waals surface area (Å²) in [6.45, 7) is 1.84. The second-order valence-electron chi connectivity index (χ2n) is 6.91. The molecule has 4 rings (SSSR count). The van der Waals surface area contributed by atoms with Gasteiger partial charge >= 0.3 is 5.97 Å². The van der Waals surface area contributed by atoms with Crippen LogP contribution in [0.4, 0.5) is 0 Å². The number of nitrogens with zero attached hydrogens (tertiary/aromatic N) is 1. The Hall–Kier alpha value is -3.15. The number of ether oxygens (including phenoxy) is 1. The average molecular weight is 363 g/mol. The van der Waals surface area contributed by atoms with Crippen molar-refractivity contribution in [2.45, 2.75) is 31.9 Å². The van der Waals surface area contributed by atoms with E-state index in [0.29, 0.717) is 0 Å². The summed E-state index contributed by atoms with van der Waals surface area (Å²) in [5.41, 5.74) is 2.78. The van der Waals surface area contributed by atoms with Crippen molar-refractivity contribution in [2.75, 3.05) is 0 Å². The number of rotatable bonds is 6. The molecule has 27 heavy (non-hydrogen) atoms. The van der Waals surface area contributed by atoms with E-state index < -0.39 is 12.0 Å². The van der Waals surface area contributed by atoms with Crippen LogP contribution in [0.3, 0.4) is 0 Å². The molecule has 0 unspecified atom stereocenters. The summed E-state index contributed by atoms with van der Waals surface area (Å²) >= 11 is 0. The summed E-state index contributed by atoms with van der Waals surface area (Å²) in [6, 6.07) is 16.6. The molecule has 2 N–H and O–H groups in total. The Morgan fingerprint density at radius 3 is 2.70 bits per heavy atom. The number of imidazole rings is 1. The molecule has 0 radical (unpaired) electrons. The average Bonchev–Trinajstić information content (AvgIpc) is 3.38. The van der Waals surface area contributed by atoms with E-state index in [2.05, 4.69) is 15.3 Å². The van der Waals surface area contributed by atoms with Gasteiger partial charge in [-0.2, -0.15) is 0 Å². The molecule has 1 aromatic heterocycles. The first kappa shape index (κ1) is 17.3. The van der Waals surface area contributed by atoms with Crippen LogP contribution in [0.2, 0.25) is 0 Å². The Morgan fingerprint density at radius 2 is 1.93 bits per heavy atom. The van der Waals surface area contributed by atoms with Gasteiger partial charge in [0.25, 0.3) is 0 Å². The highest BCUT2D eigenvalue weighted by Crippen LogP contribution is 2.46. The van der Waals surface area contributed by atoms with E-state index >= 15 is 0 Å². The molecule has 0 bridgehead atoms. The fourth-order valence-corrected chi connectivity index (χ4v) is 3.17. The maximum atomic E-state index is 12.4. The molecule has 3 aromatic rings. The molecule has 1 aliphatic carbocycles. The summed E-state index contributed by atoms with van der Waals surface area (Å²) < 4.78 is 5.27. The van der Waals surface area contributed by atoms with Crippen molar-refractivity contribution in [2.24, 2.45) is 5.92 Å². The van der Waals surface area contributed by atoms with E-state index in [4.69, 9.17) is 4.74 Å². The zero-order valence-corrected chi connectivity index (χ0v) is 15.0. The second kappa shape index (κ2) is 7.23. The van der Waals surface area contributed by atoms with Crippen molar-refractivity contribution in [1.29, 1.82) is 0 Å². The van der Waals surface area contributed by atoms with Crippen LogP contribution in [0.5, 0.6) is 0 Å². The highest BCUT2D eigenvalue weighted by Gasteiger charge is 2.46. The molecule has 0 aliphatic heterocycles. The Bertz CT molecular complexity index is 934. The highest BCUT2D eigenvalue weighted by molar-refractivity contribution is 5.88. The fraction of sp³-hybridized carbons (Fsp3) is 0.286. The third-order valence-corrected chi connectivity index (χ3v) is 4.82.